The number of likely N-dealkylation sites (N-methyl/N-ethyl adjacent to an activating group) is 1. The van der Waals surface area contributed by atoms with Crippen molar-refractivity contribution in [2.75, 3.05) is 65.4 Å². The van der Waals surface area contributed by atoms with Crippen molar-refractivity contribution in [3.05, 3.63) is 24.3 Å². The van der Waals surface area contributed by atoms with E-state index in [1.54, 1.807) is 36.3 Å². The van der Waals surface area contributed by atoms with Crippen molar-refractivity contribution >= 4 is 17.6 Å². The molecule has 3 fully saturated rings. The third-order valence-corrected chi connectivity index (χ3v) is 6.84. The molecule has 0 aromatic heterocycles. The average Bonchev–Trinajstić information content (AvgIpc) is 2.82. The van der Waals surface area contributed by atoms with Crippen LogP contribution in [0.5, 0.6) is 5.75 Å². The Balaban J connectivity index is 1.38. The first-order chi connectivity index (χ1) is 16.4. The highest BCUT2D eigenvalue weighted by Gasteiger charge is 2.40. The van der Waals surface area contributed by atoms with Crippen LogP contribution in [0.4, 0.5) is 10.5 Å². The maximum atomic E-state index is 13.2. The Morgan fingerprint density at radius 1 is 1.12 bits per heavy atom. The summed E-state index contributed by atoms with van der Waals surface area (Å²) in [5.41, 5.74) is 0.641. The molecule has 1 aromatic rings. The molecule has 10 heteroatoms. The minimum Gasteiger partial charge on any atom is -0.497 e. The molecule has 188 valence electrons. The fraction of sp³-hybridized carbons (Fsp3) is 0.667. The molecular formula is C24H36N4O6. The number of benzene rings is 1. The predicted molar refractivity (Wildman–Crippen MR) is 126 cm³/mol. The second-order valence-corrected chi connectivity index (χ2v) is 9.33. The van der Waals surface area contributed by atoms with E-state index in [4.69, 9.17) is 14.2 Å². The molecule has 0 bridgehead atoms. The Morgan fingerprint density at radius 3 is 2.56 bits per heavy atom. The van der Waals surface area contributed by atoms with Crippen LogP contribution in [0.2, 0.25) is 0 Å². The van der Waals surface area contributed by atoms with Crippen molar-refractivity contribution in [2.45, 2.75) is 43.6 Å². The van der Waals surface area contributed by atoms with Gasteiger partial charge in [-0.25, -0.2) is 4.79 Å². The largest absolute Gasteiger partial charge is 0.497 e. The molecule has 10 nitrogen and oxygen atoms in total. The third-order valence-electron chi connectivity index (χ3n) is 6.84. The van der Waals surface area contributed by atoms with Gasteiger partial charge in [-0.3, -0.25) is 4.79 Å². The Hall–Kier alpha value is -2.40. The summed E-state index contributed by atoms with van der Waals surface area (Å²) in [7, 11) is 3.65. The molecule has 4 rings (SSSR count). The van der Waals surface area contributed by atoms with Gasteiger partial charge in [0.1, 0.15) is 11.9 Å². The zero-order valence-electron chi connectivity index (χ0n) is 20.0. The molecule has 4 atom stereocenters. The lowest BCUT2D eigenvalue weighted by Gasteiger charge is -2.44. The van der Waals surface area contributed by atoms with E-state index in [-0.39, 0.29) is 49.9 Å². The Bertz CT molecular complexity index is 829. The fourth-order valence-corrected chi connectivity index (χ4v) is 4.82. The number of rotatable bonds is 4. The quantitative estimate of drug-likeness (QED) is 0.668. The van der Waals surface area contributed by atoms with Crippen molar-refractivity contribution in [1.29, 1.82) is 0 Å². The van der Waals surface area contributed by atoms with Gasteiger partial charge in [0.2, 0.25) is 5.91 Å². The highest BCUT2D eigenvalue weighted by Crippen LogP contribution is 2.29. The number of fused-ring (bicyclic) bond motifs is 1. The molecule has 3 aliphatic rings. The van der Waals surface area contributed by atoms with Crippen LogP contribution < -0.4 is 10.1 Å². The lowest BCUT2D eigenvalue weighted by molar-refractivity contribution is -0.155. The molecule has 0 radical (unpaired) electrons. The Morgan fingerprint density at radius 2 is 1.85 bits per heavy atom. The number of anilines is 1. The van der Waals surface area contributed by atoms with Gasteiger partial charge in [-0.05, 0) is 44.2 Å². The van der Waals surface area contributed by atoms with Gasteiger partial charge in [-0.1, -0.05) is 0 Å². The first-order valence-electron chi connectivity index (χ1n) is 12.0. The smallest absolute Gasteiger partial charge is 0.322 e. The summed E-state index contributed by atoms with van der Waals surface area (Å²) in [6, 6.07) is 6.56. The van der Waals surface area contributed by atoms with Crippen LogP contribution in [0.15, 0.2) is 24.3 Å². The summed E-state index contributed by atoms with van der Waals surface area (Å²) in [5.74, 6) is 0.822. The summed E-state index contributed by atoms with van der Waals surface area (Å²) >= 11 is 0. The van der Waals surface area contributed by atoms with Crippen molar-refractivity contribution < 1.29 is 28.9 Å². The molecule has 0 unspecified atom stereocenters. The van der Waals surface area contributed by atoms with Crippen LogP contribution in [0.3, 0.4) is 0 Å². The molecule has 1 aromatic carbocycles. The summed E-state index contributed by atoms with van der Waals surface area (Å²) < 4.78 is 17.1. The molecule has 3 aliphatic heterocycles. The third kappa shape index (κ3) is 6.18. The van der Waals surface area contributed by atoms with Crippen molar-refractivity contribution in [3.8, 4) is 5.75 Å². The van der Waals surface area contributed by atoms with E-state index in [1.807, 2.05) is 4.90 Å². The summed E-state index contributed by atoms with van der Waals surface area (Å²) in [4.78, 5) is 31.8. The Labute approximate surface area is 200 Å². The van der Waals surface area contributed by atoms with Crippen molar-refractivity contribution in [1.82, 2.24) is 14.7 Å². The number of β-amino-alcohol motifs (C(OH)–C–C–N with tert-alkyl or cyclic N) is 1. The SMILES string of the molecule is COc1ccc(NC(=O)N2C[C@@H](O)COC[C@@H]3O[C@H](CC(=O)N4CCN(C)CC4)CC[C@H]32)cc1. The lowest BCUT2D eigenvalue weighted by Crippen LogP contribution is -2.58. The molecule has 34 heavy (non-hydrogen) atoms. The fourth-order valence-electron chi connectivity index (χ4n) is 4.82. The number of methoxy groups -OCH3 is 1. The first kappa shape index (κ1) is 24.7. The number of amides is 3. The minimum atomic E-state index is -0.779. The monoisotopic (exact) mass is 476 g/mol. The van der Waals surface area contributed by atoms with Gasteiger partial charge < -0.3 is 39.3 Å². The van der Waals surface area contributed by atoms with Crippen LogP contribution in [0, 0.1) is 0 Å². The van der Waals surface area contributed by atoms with Crippen LogP contribution in [0.25, 0.3) is 0 Å². The maximum Gasteiger partial charge on any atom is 0.322 e. The number of aliphatic hydroxyl groups excluding tert-OH is 1. The maximum absolute atomic E-state index is 13.2. The summed E-state index contributed by atoms with van der Waals surface area (Å²) in [5, 5.41) is 13.2. The van der Waals surface area contributed by atoms with Crippen LogP contribution in [-0.2, 0) is 14.3 Å². The predicted octanol–water partition coefficient (Wildman–Crippen LogP) is 1.00. The second kappa shape index (κ2) is 11.4. The molecule has 0 spiro atoms. The van der Waals surface area contributed by atoms with Gasteiger partial charge >= 0.3 is 6.03 Å². The number of nitrogens with one attached hydrogen (secondary N) is 1. The van der Waals surface area contributed by atoms with Crippen molar-refractivity contribution in [2.24, 2.45) is 0 Å². The van der Waals surface area contributed by atoms with Gasteiger partial charge in [0.25, 0.3) is 0 Å². The number of urea groups is 1. The average molecular weight is 477 g/mol. The van der Waals surface area contributed by atoms with Crippen LogP contribution in [-0.4, -0.2) is 116 Å². The van der Waals surface area contributed by atoms with Gasteiger partial charge in [-0.2, -0.15) is 0 Å². The first-order valence-corrected chi connectivity index (χ1v) is 12.0. The van der Waals surface area contributed by atoms with E-state index in [1.165, 1.54) is 0 Å². The van der Waals surface area contributed by atoms with Gasteiger partial charge in [0, 0.05) is 31.9 Å². The second-order valence-electron chi connectivity index (χ2n) is 9.33. The Kier molecular flexibility index (Phi) is 8.25. The van der Waals surface area contributed by atoms with E-state index in [9.17, 15) is 14.7 Å². The number of hydrogen-bond donors (Lipinski definition) is 2. The standard InChI is InChI=1S/C24H36N4O6/c1-26-9-11-27(12-10-26)23(30)13-20-7-8-21-22(34-20)16-33-15-18(29)14-28(21)24(31)25-17-3-5-19(32-2)6-4-17/h3-6,18,20-22,29H,7-16H2,1-2H3,(H,25,31)/t18-,20+,21-,22+/m1/s1. The number of aliphatic hydroxyl groups is 1. The number of carbonyl (C=O) groups is 2. The van der Waals surface area contributed by atoms with Gasteiger partial charge in [-0.15, -0.1) is 0 Å². The molecule has 3 heterocycles. The number of hydrogen-bond acceptors (Lipinski definition) is 7. The van der Waals surface area contributed by atoms with Crippen molar-refractivity contribution in [3.63, 3.8) is 0 Å². The van der Waals surface area contributed by atoms with Crippen LogP contribution in [0.1, 0.15) is 19.3 Å². The van der Waals surface area contributed by atoms with Crippen LogP contribution >= 0.6 is 0 Å². The number of nitrogens with zero attached hydrogens (tertiary/aromatic N) is 3. The minimum absolute atomic E-state index is 0.118. The molecule has 0 aliphatic carbocycles. The van der Waals surface area contributed by atoms with Gasteiger partial charge in [0.15, 0.2) is 0 Å². The zero-order valence-corrected chi connectivity index (χ0v) is 20.0. The molecule has 3 saturated heterocycles. The highest BCUT2D eigenvalue weighted by molar-refractivity contribution is 5.89. The van der Waals surface area contributed by atoms with E-state index in [0.717, 1.165) is 26.2 Å². The van der Waals surface area contributed by atoms with E-state index < -0.39 is 6.10 Å². The zero-order chi connectivity index (χ0) is 24.1. The molecule has 0 saturated carbocycles. The highest BCUT2D eigenvalue weighted by atomic mass is 16.5. The lowest BCUT2D eigenvalue weighted by atomic mass is 9.94. The number of ether oxygens (including phenoxy) is 3. The van der Waals surface area contributed by atoms with E-state index in [0.29, 0.717) is 30.7 Å². The molecular weight excluding hydrogens is 440 g/mol. The molecule has 2 N–H and O–H groups in total. The normalized spacial score (nSPS) is 28.4. The number of carbonyl (C=O) groups excluding carboxylic acids is 2. The van der Waals surface area contributed by atoms with E-state index >= 15 is 0 Å². The van der Waals surface area contributed by atoms with E-state index in [2.05, 4.69) is 17.3 Å². The summed E-state index contributed by atoms with van der Waals surface area (Å²) in [6.07, 6.45) is 0.355. The number of piperazine rings is 1. The topological polar surface area (TPSA) is 104 Å². The summed E-state index contributed by atoms with van der Waals surface area (Å²) in [6.45, 7) is 3.81. The van der Waals surface area contributed by atoms with Gasteiger partial charge in [0.05, 0.1) is 51.5 Å². The molecule has 3 amide bonds.